The number of aromatic nitrogens is 2. The number of carboxylic acid groups (broad SMARTS) is 1. The minimum atomic E-state index is -1.09. The minimum Gasteiger partial charge on any atom is -0.480 e. The van der Waals surface area contributed by atoms with Gasteiger partial charge in [-0.15, -0.1) is 0 Å². The van der Waals surface area contributed by atoms with Crippen molar-refractivity contribution < 1.29 is 19.5 Å². The second-order valence-electron chi connectivity index (χ2n) is 7.75. The number of amides is 2. The van der Waals surface area contributed by atoms with E-state index in [0.29, 0.717) is 18.0 Å². The van der Waals surface area contributed by atoms with Crippen molar-refractivity contribution in [2.24, 2.45) is 5.92 Å². The average molecular weight is 398 g/mol. The van der Waals surface area contributed by atoms with E-state index >= 15 is 0 Å². The summed E-state index contributed by atoms with van der Waals surface area (Å²) in [6.45, 7) is 3.46. The summed E-state index contributed by atoms with van der Waals surface area (Å²) in [6, 6.07) is 10.1. The third kappa shape index (κ3) is 5.43. The Kier molecular flexibility index (Phi) is 6.31. The summed E-state index contributed by atoms with van der Waals surface area (Å²) < 4.78 is 1.58. The number of para-hydroxylation sites is 1. The van der Waals surface area contributed by atoms with Crippen LogP contribution in [0.2, 0.25) is 0 Å². The highest BCUT2D eigenvalue weighted by Gasteiger charge is 2.29. The fourth-order valence-corrected chi connectivity index (χ4v) is 3.10. The standard InChI is InChI=1S/C21H26N4O4/c1-13(2)10-17(21(28)29)23-19(26)12-22-20(27)18-11-16(14-8-9-14)24-25(18)15-6-4-3-5-7-15/h3-7,11,13-14,17H,8-10,12H2,1-2H3,(H,22,27)(H,23,26)(H,28,29)/t17-/m0/s1. The van der Waals surface area contributed by atoms with E-state index in [2.05, 4.69) is 15.7 Å². The Morgan fingerprint density at radius 2 is 1.90 bits per heavy atom. The molecule has 0 unspecified atom stereocenters. The van der Waals surface area contributed by atoms with Crippen molar-refractivity contribution in [2.45, 2.75) is 45.1 Å². The summed E-state index contributed by atoms with van der Waals surface area (Å²) in [5.74, 6) is -1.57. The van der Waals surface area contributed by atoms with Crippen LogP contribution in [-0.2, 0) is 9.59 Å². The molecule has 2 amide bonds. The number of nitrogens with one attached hydrogen (secondary N) is 2. The van der Waals surface area contributed by atoms with Crippen LogP contribution < -0.4 is 10.6 Å². The van der Waals surface area contributed by atoms with Crippen LogP contribution in [0.5, 0.6) is 0 Å². The number of rotatable bonds is 9. The molecule has 1 aromatic heterocycles. The molecule has 1 aliphatic carbocycles. The van der Waals surface area contributed by atoms with Crippen LogP contribution in [0.1, 0.15) is 55.2 Å². The first-order chi connectivity index (χ1) is 13.8. The maximum absolute atomic E-state index is 12.7. The number of benzene rings is 1. The number of carbonyl (C=O) groups excluding carboxylic acids is 2. The molecule has 1 aliphatic rings. The Morgan fingerprint density at radius 3 is 2.48 bits per heavy atom. The van der Waals surface area contributed by atoms with Gasteiger partial charge in [0, 0.05) is 5.92 Å². The zero-order chi connectivity index (χ0) is 21.0. The molecule has 0 spiro atoms. The third-order valence-electron chi connectivity index (χ3n) is 4.71. The molecule has 0 radical (unpaired) electrons. The molecule has 0 bridgehead atoms. The van der Waals surface area contributed by atoms with Crippen LogP contribution in [0.3, 0.4) is 0 Å². The highest BCUT2D eigenvalue weighted by Crippen LogP contribution is 2.39. The SMILES string of the molecule is CC(C)C[C@H](NC(=O)CNC(=O)c1cc(C2CC2)nn1-c1ccccc1)C(=O)O. The van der Waals surface area contributed by atoms with E-state index in [-0.39, 0.29) is 12.5 Å². The largest absolute Gasteiger partial charge is 0.480 e. The number of carboxylic acids is 1. The van der Waals surface area contributed by atoms with Crippen LogP contribution in [0, 0.1) is 5.92 Å². The van der Waals surface area contributed by atoms with Gasteiger partial charge in [-0.2, -0.15) is 5.10 Å². The van der Waals surface area contributed by atoms with Gasteiger partial charge in [0.15, 0.2) is 0 Å². The van der Waals surface area contributed by atoms with Crippen molar-refractivity contribution in [1.82, 2.24) is 20.4 Å². The van der Waals surface area contributed by atoms with Crippen LogP contribution in [-0.4, -0.2) is 45.3 Å². The van der Waals surface area contributed by atoms with Crippen molar-refractivity contribution in [1.29, 1.82) is 0 Å². The summed E-state index contributed by atoms with van der Waals surface area (Å²) in [5, 5.41) is 18.8. The summed E-state index contributed by atoms with van der Waals surface area (Å²) in [6.07, 6.45) is 2.43. The van der Waals surface area contributed by atoms with E-state index in [0.717, 1.165) is 24.2 Å². The molecule has 1 aromatic carbocycles. The predicted molar refractivity (Wildman–Crippen MR) is 107 cm³/mol. The second kappa shape index (κ2) is 8.89. The molecule has 29 heavy (non-hydrogen) atoms. The fraction of sp³-hybridized carbons (Fsp3) is 0.429. The van der Waals surface area contributed by atoms with E-state index in [9.17, 15) is 19.5 Å². The Labute approximate surface area is 169 Å². The van der Waals surface area contributed by atoms with Gasteiger partial charge < -0.3 is 15.7 Å². The maximum atomic E-state index is 12.7. The van der Waals surface area contributed by atoms with Crippen LogP contribution in [0.15, 0.2) is 36.4 Å². The lowest BCUT2D eigenvalue weighted by Crippen LogP contribution is -2.46. The van der Waals surface area contributed by atoms with Gasteiger partial charge in [-0.25, -0.2) is 9.48 Å². The molecular formula is C21H26N4O4. The van der Waals surface area contributed by atoms with Crippen LogP contribution >= 0.6 is 0 Å². The van der Waals surface area contributed by atoms with Crippen LogP contribution in [0.25, 0.3) is 5.69 Å². The van der Waals surface area contributed by atoms with Crippen molar-refractivity contribution in [3.05, 3.63) is 47.8 Å². The topological polar surface area (TPSA) is 113 Å². The highest BCUT2D eigenvalue weighted by atomic mass is 16.4. The lowest BCUT2D eigenvalue weighted by atomic mass is 10.0. The number of hydrogen-bond donors (Lipinski definition) is 3. The Hall–Kier alpha value is -3.16. The van der Waals surface area contributed by atoms with Gasteiger partial charge in [0.2, 0.25) is 5.91 Å². The van der Waals surface area contributed by atoms with Crippen LogP contribution in [0.4, 0.5) is 0 Å². The molecule has 3 N–H and O–H groups in total. The quantitative estimate of drug-likeness (QED) is 0.599. The van der Waals surface area contributed by atoms with E-state index in [1.54, 1.807) is 10.7 Å². The molecule has 0 aliphatic heterocycles. The average Bonchev–Trinajstić information content (AvgIpc) is 3.44. The minimum absolute atomic E-state index is 0.118. The lowest BCUT2D eigenvalue weighted by Gasteiger charge is -2.16. The molecule has 8 heteroatoms. The van der Waals surface area contributed by atoms with Gasteiger partial charge >= 0.3 is 5.97 Å². The van der Waals surface area contributed by atoms with Gasteiger partial charge in [0.05, 0.1) is 17.9 Å². The first kappa shape index (κ1) is 20.6. The third-order valence-corrected chi connectivity index (χ3v) is 4.71. The van der Waals surface area contributed by atoms with E-state index in [1.807, 2.05) is 44.2 Å². The zero-order valence-corrected chi connectivity index (χ0v) is 16.6. The predicted octanol–water partition coefficient (Wildman–Crippen LogP) is 2.09. The van der Waals surface area contributed by atoms with E-state index < -0.39 is 23.8 Å². The van der Waals surface area contributed by atoms with Crippen molar-refractivity contribution in [2.75, 3.05) is 6.54 Å². The number of hydrogen-bond acceptors (Lipinski definition) is 4. The molecule has 1 saturated carbocycles. The molecule has 1 atom stereocenters. The number of aliphatic carboxylic acids is 1. The molecule has 1 fully saturated rings. The van der Waals surface area contributed by atoms with Gasteiger partial charge in [-0.05, 0) is 43.4 Å². The van der Waals surface area contributed by atoms with Gasteiger partial charge in [0.25, 0.3) is 5.91 Å². The molecule has 154 valence electrons. The highest BCUT2D eigenvalue weighted by molar-refractivity contribution is 5.96. The van der Waals surface area contributed by atoms with Gasteiger partial charge in [-0.3, -0.25) is 9.59 Å². The monoisotopic (exact) mass is 398 g/mol. The summed E-state index contributed by atoms with van der Waals surface area (Å²) >= 11 is 0. The normalized spacial score (nSPS) is 14.4. The number of carbonyl (C=O) groups is 3. The van der Waals surface area contributed by atoms with Crippen molar-refractivity contribution in [3.8, 4) is 5.69 Å². The summed E-state index contributed by atoms with van der Waals surface area (Å²) in [5.41, 5.74) is 1.98. The van der Waals surface area contributed by atoms with Crippen molar-refractivity contribution in [3.63, 3.8) is 0 Å². The smallest absolute Gasteiger partial charge is 0.326 e. The molecule has 0 saturated heterocycles. The summed E-state index contributed by atoms with van der Waals surface area (Å²) in [4.78, 5) is 36.2. The molecule has 2 aromatic rings. The Balaban J connectivity index is 1.67. The maximum Gasteiger partial charge on any atom is 0.326 e. The van der Waals surface area contributed by atoms with E-state index in [4.69, 9.17) is 0 Å². The molecule has 8 nitrogen and oxygen atoms in total. The summed E-state index contributed by atoms with van der Waals surface area (Å²) in [7, 11) is 0. The fourth-order valence-electron chi connectivity index (χ4n) is 3.10. The molecule has 1 heterocycles. The molecule has 3 rings (SSSR count). The van der Waals surface area contributed by atoms with Crippen molar-refractivity contribution >= 4 is 17.8 Å². The van der Waals surface area contributed by atoms with Gasteiger partial charge in [-0.1, -0.05) is 32.0 Å². The first-order valence-corrected chi connectivity index (χ1v) is 9.81. The first-order valence-electron chi connectivity index (χ1n) is 9.81. The second-order valence-corrected chi connectivity index (χ2v) is 7.75. The van der Waals surface area contributed by atoms with Gasteiger partial charge in [0.1, 0.15) is 11.7 Å². The zero-order valence-electron chi connectivity index (χ0n) is 16.6. The Bertz CT molecular complexity index is 887. The molecular weight excluding hydrogens is 372 g/mol. The Morgan fingerprint density at radius 1 is 1.21 bits per heavy atom. The lowest BCUT2D eigenvalue weighted by molar-refractivity contribution is -0.142. The number of nitrogens with zero attached hydrogens (tertiary/aromatic N) is 2. The van der Waals surface area contributed by atoms with E-state index in [1.165, 1.54) is 0 Å².